The number of esters is 1. The van der Waals surface area contributed by atoms with Crippen LogP contribution in [0.2, 0.25) is 0 Å². The summed E-state index contributed by atoms with van der Waals surface area (Å²) in [5, 5.41) is 0. The van der Waals surface area contributed by atoms with Gasteiger partial charge in [0.2, 0.25) is 0 Å². The van der Waals surface area contributed by atoms with Gasteiger partial charge in [-0.05, 0) is 51.5 Å². The summed E-state index contributed by atoms with van der Waals surface area (Å²) in [6, 6.07) is 3.56. The van der Waals surface area contributed by atoms with E-state index in [1.165, 1.54) is 4.90 Å². The van der Waals surface area contributed by atoms with E-state index in [2.05, 4.69) is 9.98 Å². The van der Waals surface area contributed by atoms with Crippen LogP contribution in [0.15, 0.2) is 35.2 Å². The SMILES string of the molecule is CC1=N/C(=C/c2ccncc2)C(=O)N1CC(=O)OC(C)(C)C. The van der Waals surface area contributed by atoms with Gasteiger partial charge in [0.25, 0.3) is 5.91 Å². The average molecular weight is 301 g/mol. The lowest BCUT2D eigenvalue weighted by molar-refractivity contribution is -0.156. The molecule has 1 aromatic rings. The van der Waals surface area contributed by atoms with Crippen molar-refractivity contribution in [1.29, 1.82) is 0 Å². The second-order valence-corrected chi connectivity index (χ2v) is 5.95. The Labute approximate surface area is 129 Å². The molecule has 1 amide bonds. The standard InChI is InChI=1S/C16H19N3O3/c1-11-18-13(9-12-5-7-17-8-6-12)15(21)19(11)10-14(20)22-16(2,3)4/h5-9H,10H2,1-4H3/b13-9+. The van der Waals surface area contributed by atoms with Gasteiger partial charge in [-0.1, -0.05) is 0 Å². The molecule has 0 fully saturated rings. The van der Waals surface area contributed by atoms with Crippen molar-refractivity contribution in [1.82, 2.24) is 9.88 Å². The first-order chi connectivity index (χ1) is 10.3. The van der Waals surface area contributed by atoms with Crippen molar-refractivity contribution in [3.05, 3.63) is 35.8 Å². The summed E-state index contributed by atoms with van der Waals surface area (Å²) in [6.07, 6.45) is 4.95. The van der Waals surface area contributed by atoms with E-state index in [1.54, 1.807) is 58.3 Å². The maximum Gasteiger partial charge on any atom is 0.326 e. The molecular formula is C16H19N3O3. The quantitative estimate of drug-likeness (QED) is 0.632. The Hall–Kier alpha value is -2.50. The molecule has 2 heterocycles. The summed E-state index contributed by atoms with van der Waals surface area (Å²) in [4.78, 5) is 33.7. The van der Waals surface area contributed by atoms with Gasteiger partial charge in [-0.3, -0.25) is 19.5 Å². The van der Waals surface area contributed by atoms with Gasteiger partial charge in [-0.25, -0.2) is 4.99 Å². The first-order valence-electron chi connectivity index (χ1n) is 6.97. The zero-order valence-corrected chi connectivity index (χ0v) is 13.2. The Balaban J connectivity index is 2.11. The molecular weight excluding hydrogens is 282 g/mol. The number of nitrogens with zero attached hydrogens (tertiary/aromatic N) is 3. The van der Waals surface area contributed by atoms with E-state index in [0.29, 0.717) is 11.5 Å². The number of carbonyl (C=O) groups excluding carboxylic acids is 2. The van der Waals surface area contributed by atoms with Crippen molar-refractivity contribution in [2.24, 2.45) is 4.99 Å². The third-order valence-corrected chi connectivity index (χ3v) is 2.85. The minimum Gasteiger partial charge on any atom is -0.459 e. The minimum atomic E-state index is -0.583. The number of hydrogen-bond donors (Lipinski definition) is 0. The van der Waals surface area contributed by atoms with Crippen molar-refractivity contribution in [2.45, 2.75) is 33.3 Å². The highest BCUT2D eigenvalue weighted by atomic mass is 16.6. The predicted molar refractivity (Wildman–Crippen MR) is 82.9 cm³/mol. The molecule has 0 atom stereocenters. The van der Waals surface area contributed by atoms with Crippen molar-refractivity contribution >= 4 is 23.8 Å². The van der Waals surface area contributed by atoms with Gasteiger partial charge in [-0.15, -0.1) is 0 Å². The predicted octanol–water partition coefficient (Wildman–Crippen LogP) is 2.02. The van der Waals surface area contributed by atoms with Crippen LogP contribution in [0.25, 0.3) is 6.08 Å². The maximum atomic E-state index is 12.3. The summed E-state index contributed by atoms with van der Waals surface area (Å²) >= 11 is 0. The second-order valence-electron chi connectivity index (χ2n) is 5.95. The van der Waals surface area contributed by atoms with Crippen molar-refractivity contribution in [2.75, 3.05) is 6.54 Å². The summed E-state index contributed by atoms with van der Waals surface area (Å²) < 4.78 is 5.23. The van der Waals surface area contributed by atoms with Gasteiger partial charge < -0.3 is 4.74 Å². The molecule has 6 heteroatoms. The number of aliphatic imine (C=N–C) groups is 1. The summed E-state index contributed by atoms with van der Waals surface area (Å²) in [7, 11) is 0. The molecule has 0 radical (unpaired) electrons. The van der Waals surface area contributed by atoms with E-state index in [-0.39, 0.29) is 12.5 Å². The Bertz CT molecular complexity index is 642. The van der Waals surface area contributed by atoms with Crippen LogP contribution in [-0.4, -0.2) is 39.7 Å². The largest absolute Gasteiger partial charge is 0.459 e. The molecule has 1 aliphatic rings. The first kappa shape index (κ1) is 15.9. The third kappa shape index (κ3) is 4.00. The molecule has 0 aliphatic carbocycles. The number of ether oxygens (including phenoxy) is 1. The highest BCUT2D eigenvalue weighted by Gasteiger charge is 2.30. The second kappa shape index (κ2) is 6.09. The Morgan fingerprint density at radius 3 is 2.55 bits per heavy atom. The summed E-state index contributed by atoms with van der Waals surface area (Å²) in [6.45, 7) is 6.90. The molecule has 0 aromatic carbocycles. The van der Waals surface area contributed by atoms with Crippen LogP contribution in [0.4, 0.5) is 0 Å². The summed E-state index contributed by atoms with van der Waals surface area (Å²) in [5.41, 5.74) is 0.543. The maximum absolute atomic E-state index is 12.3. The molecule has 0 bridgehead atoms. The number of hydrogen-bond acceptors (Lipinski definition) is 5. The van der Waals surface area contributed by atoms with Gasteiger partial charge >= 0.3 is 5.97 Å². The topological polar surface area (TPSA) is 71.9 Å². The van der Waals surface area contributed by atoms with E-state index in [0.717, 1.165) is 5.56 Å². The molecule has 0 unspecified atom stereocenters. The fourth-order valence-electron chi connectivity index (χ4n) is 1.97. The van der Waals surface area contributed by atoms with Crippen molar-refractivity contribution < 1.29 is 14.3 Å². The van der Waals surface area contributed by atoms with E-state index in [9.17, 15) is 9.59 Å². The Morgan fingerprint density at radius 2 is 1.95 bits per heavy atom. The van der Waals surface area contributed by atoms with Crippen LogP contribution in [0.3, 0.4) is 0 Å². The highest BCUT2D eigenvalue weighted by molar-refractivity contribution is 6.14. The monoisotopic (exact) mass is 301 g/mol. The number of amides is 1. The molecule has 6 nitrogen and oxygen atoms in total. The third-order valence-electron chi connectivity index (χ3n) is 2.85. The minimum absolute atomic E-state index is 0.140. The van der Waals surface area contributed by atoms with Gasteiger partial charge in [0, 0.05) is 12.4 Å². The van der Waals surface area contributed by atoms with Crippen LogP contribution in [0.5, 0.6) is 0 Å². The van der Waals surface area contributed by atoms with Gasteiger partial charge in [0.1, 0.15) is 23.7 Å². The Morgan fingerprint density at radius 1 is 1.32 bits per heavy atom. The van der Waals surface area contributed by atoms with Crippen LogP contribution in [0.1, 0.15) is 33.3 Å². The molecule has 0 spiro atoms. The van der Waals surface area contributed by atoms with Crippen LogP contribution in [0, 0.1) is 0 Å². The van der Waals surface area contributed by atoms with Crippen molar-refractivity contribution in [3.63, 3.8) is 0 Å². The molecule has 0 saturated heterocycles. The smallest absolute Gasteiger partial charge is 0.326 e. The van der Waals surface area contributed by atoms with Gasteiger partial charge in [-0.2, -0.15) is 0 Å². The number of carbonyl (C=O) groups is 2. The summed E-state index contributed by atoms with van der Waals surface area (Å²) in [5.74, 6) is -0.281. The Kier molecular flexibility index (Phi) is 4.40. The molecule has 22 heavy (non-hydrogen) atoms. The van der Waals surface area contributed by atoms with Gasteiger partial charge in [0.05, 0.1) is 0 Å². The number of amidine groups is 1. The zero-order chi connectivity index (χ0) is 16.3. The van der Waals surface area contributed by atoms with Crippen molar-refractivity contribution in [3.8, 4) is 0 Å². The van der Waals surface area contributed by atoms with Crippen LogP contribution < -0.4 is 0 Å². The van der Waals surface area contributed by atoms with E-state index < -0.39 is 11.6 Å². The van der Waals surface area contributed by atoms with E-state index in [4.69, 9.17) is 4.74 Å². The molecule has 2 rings (SSSR count). The first-order valence-corrected chi connectivity index (χ1v) is 6.97. The van der Waals surface area contributed by atoms with Crippen LogP contribution in [-0.2, 0) is 14.3 Å². The lowest BCUT2D eigenvalue weighted by Gasteiger charge is -2.22. The number of rotatable bonds is 3. The normalized spacial score (nSPS) is 16.9. The molecule has 1 aromatic heterocycles. The molecule has 0 N–H and O–H groups in total. The highest BCUT2D eigenvalue weighted by Crippen LogP contribution is 2.18. The average Bonchev–Trinajstić information content (AvgIpc) is 2.66. The van der Waals surface area contributed by atoms with E-state index in [1.807, 2.05) is 0 Å². The van der Waals surface area contributed by atoms with Crippen LogP contribution >= 0.6 is 0 Å². The van der Waals surface area contributed by atoms with E-state index >= 15 is 0 Å². The number of aromatic nitrogens is 1. The lowest BCUT2D eigenvalue weighted by Crippen LogP contribution is -2.38. The molecule has 116 valence electrons. The number of pyridine rings is 1. The van der Waals surface area contributed by atoms with Gasteiger partial charge in [0.15, 0.2) is 0 Å². The fourth-order valence-corrected chi connectivity index (χ4v) is 1.97. The molecule has 0 saturated carbocycles. The molecule has 1 aliphatic heterocycles. The zero-order valence-electron chi connectivity index (χ0n) is 13.2. The fraction of sp³-hybridized carbons (Fsp3) is 0.375. The lowest BCUT2D eigenvalue weighted by atomic mass is 10.2.